The minimum absolute atomic E-state index is 0.524. The lowest BCUT2D eigenvalue weighted by Gasteiger charge is -1.92. The Morgan fingerprint density at radius 3 is 2.89 bits per heavy atom. The summed E-state index contributed by atoms with van der Waals surface area (Å²) in [5.41, 5.74) is 0. The molecule has 0 aromatic rings. The highest BCUT2D eigenvalue weighted by Gasteiger charge is 1.74. The quantitative estimate of drug-likeness (QED) is 0.327. The zero-order valence-corrected chi connectivity index (χ0v) is 5.97. The molecule has 51 valence electrons. The zero-order chi connectivity index (χ0) is 6.95. The van der Waals surface area contributed by atoms with E-state index in [0.717, 1.165) is 6.42 Å². The number of hydrogen-bond acceptors (Lipinski definition) is 1. The molecule has 0 saturated carbocycles. The zero-order valence-electron chi connectivity index (χ0n) is 5.22. The van der Waals surface area contributed by atoms with Crippen molar-refractivity contribution in [2.75, 3.05) is 12.5 Å². The van der Waals surface area contributed by atoms with Gasteiger partial charge in [-0.15, -0.1) is 11.6 Å². The first kappa shape index (κ1) is 8.57. The van der Waals surface area contributed by atoms with Crippen LogP contribution in [0.25, 0.3) is 0 Å². The number of hydrogen-bond donors (Lipinski definition) is 0. The molecule has 1 radical (unpaired) electrons. The molecule has 0 atom stereocenters. The molecule has 9 heavy (non-hydrogen) atoms. The van der Waals surface area contributed by atoms with E-state index < -0.39 is 0 Å². The lowest BCUT2D eigenvalue weighted by Crippen LogP contribution is -1.85. The summed E-state index contributed by atoms with van der Waals surface area (Å²) in [6.07, 6.45) is 5.72. The van der Waals surface area contributed by atoms with Crippen molar-refractivity contribution in [2.24, 2.45) is 0 Å². The second-order valence-electron chi connectivity index (χ2n) is 1.40. The average Bonchev–Trinajstić information content (AvgIpc) is 1.89. The molecular weight excluding hydrogens is 136 g/mol. The minimum atomic E-state index is 0.524. The van der Waals surface area contributed by atoms with Gasteiger partial charge in [0.15, 0.2) is 0 Å². The van der Waals surface area contributed by atoms with Crippen molar-refractivity contribution in [2.45, 2.75) is 6.42 Å². The molecule has 0 heterocycles. The Labute approximate surface area is 61.0 Å². The van der Waals surface area contributed by atoms with E-state index in [1.54, 1.807) is 12.3 Å². The van der Waals surface area contributed by atoms with Crippen LogP contribution in [-0.4, -0.2) is 12.5 Å². The van der Waals surface area contributed by atoms with Gasteiger partial charge in [0.1, 0.15) is 6.61 Å². The Balaban J connectivity index is 2.94. The van der Waals surface area contributed by atoms with E-state index in [1.165, 1.54) is 0 Å². The van der Waals surface area contributed by atoms with E-state index in [0.29, 0.717) is 12.5 Å². The topological polar surface area (TPSA) is 9.23 Å². The molecule has 0 aliphatic carbocycles. The molecule has 0 N–H and O–H groups in total. The molecule has 0 amide bonds. The molecule has 0 fully saturated rings. The van der Waals surface area contributed by atoms with E-state index in [9.17, 15) is 0 Å². The standard InChI is InChI=1S/C7H10ClO/c1-2-3-4-6-9-7-5-8/h1-2,4,6H,3,5,7H2. The van der Waals surface area contributed by atoms with Crippen LogP contribution in [0.1, 0.15) is 6.42 Å². The molecule has 0 aromatic heterocycles. The monoisotopic (exact) mass is 145 g/mol. The van der Waals surface area contributed by atoms with Crippen molar-refractivity contribution in [1.82, 2.24) is 0 Å². The number of alkyl halides is 1. The van der Waals surface area contributed by atoms with Gasteiger partial charge in [-0.05, 0) is 12.5 Å². The third kappa shape index (κ3) is 7.57. The highest BCUT2D eigenvalue weighted by atomic mass is 35.5. The average molecular weight is 146 g/mol. The van der Waals surface area contributed by atoms with Crippen molar-refractivity contribution in [3.8, 4) is 0 Å². The first-order chi connectivity index (χ1) is 4.41. The number of halogens is 1. The highest BCUT2D eigenvalue weighted by molar-refractivity contribution is 6.17. The molecular formula is C7H10ClO. The summed E-state index contributed by atoms with van der Waals surface area (Å²) >= 11 is 5.32. The Hall–Kier alpha value is -0.430. The molecule has 0 bridgehead atoms. The summed E-state index contributed by atoms with van der Waals surface area (Å²) in [5.74, 6) is 0.524. The van der Waals surface area contributed by atoms with Crippen molar-refractivity contribution in [1.29, 1.82) is 0 Å². The molecule has 1 nitrogen and oxygen atoms in total. The van der Waals surface area contributed by atoms with Gasteiger partial charge in [-0.3, -0.25) is 0 Å². The van der Waals surface area contributed by atoms with Gasteiger partial charge >= 0.3 is 0 Å². The smallest absolute Gasteiger partial charge is 0.101 e. The Bertz CT molecular complexity index is 88.9. The summed E-state index contributed by atoms with van der Waals surface area (Å²) in [6.45, 7) is 5.64. The van der Waals surface area contributed by atoms with Crippen LogP contribution in [0.3, 0.4) is 0 Å². The Kier molecular flexibility index (Phi) is 7.21. The maximum Gasteiger partial charge on any atom is 0.101 e. The summed E-state index contributed by atoms with van der Waals surface area (Å²) in [7, 11) is 0. The van der Waals surface area contributed by atoms with Crippen LogP contribution in [0.15, 0.2) is 18.4 Å². The van der Waals surface area contributed by atoms with E-state index in [1.807, 2.05) is 6.08 Å². The fourth-order valence-corrected chi connectivity index (χ4v) is 0.404. The first-order valence-electron chi connectivity index (χ1n) is 2.77. The van der Waals surface area contributed by atoms with Crippen LogP contribution in [0.5, 0.6) is 0 Å². The van der Waals surface area contributed by atoms with Crippen LogP contribution >= 0.6 is 11.6 Å². The molecule has 0 saturated heterocycles. The van der Waals surface area contributed by atoms with Gasteiger partial charge < -0.3 is 4.74 Å². The summed E-state index contributed by atoms with van der Waals surface area (Å²) in [6, 6.07) is 0. The van der Waals surface area contributed by atoms with Gasteiger partial charge in [0.05, 0.1) is 12.1 Å². The lowest BCUT2D eigenvalue weighted by molar-refractivity contribution is 0.271. The summed E-state index contributed by atoms with van der Waals surface area (Å²) < 4.78 is 4.90. The maximum absolute atomic E-state index is 5.32. The third-order valence-electron chi connectivity index (χ3n) is 0.660. The van der Waals surface area contributed by atoms with Crippen molar-refractivity contribution >= 4 is 11.6 Å². The molecule has 0 rings (SSSR count). The Morgan fingerprint density at radius 2 is 2.33 bits per heavy atom. The second-order valence-corrected chi connectivity index (χ2v) is 1.78. The predicted octanol–water partition coefficient (Wildman–Crippen LogP) is 2.13. The van der Waals surface area contributed by atoms with Crippen LogP contribution < -0.4 is 0 Å². The minimum Gasteiger partial charge on any atom is -0.500 e. The molecule has 0 aromatic carbocycles. The molecule has 0 spiro atoms. The van der Waals surface area contributed by atoms with Crippen LogP contribution in [-0.2, 0) is 4.74 Å². The molecule has 0 aliphatic heterocycles. The molecule has 2 heteroatoms. The van der Waals surface area contributed by atoms with Gasteiger partial charge in [-0.2, -0.15) is 0 Å². The van der Waals surface area contributed by atoms with E-state index in [4.69, 9.17) is 22.9 Å². The fraction of sp³-hybridized carbons (Fsp3) is 0.429. The number of ether oxygens (including phenoxy) is 1. The van der Waals surface area contributed by atoms with Crippen LogP contribution in [0.2, 0.25) is 0 Å². The number of rotatable bonds is 5. The Morgan fingerprint density at radius 1 is 1.56 bits per heavy atom. The summed E-state index contributed by atoms with van der Waals surface area (Å²) in [4.78, 5) is 0. The normalized spacial score (nSPS) is 9.89. The van der Waals surface area contributed by atoms with Crippen molar-refractivity contribution in [3.63, 3.8) is 0 Å². The van der Waals surface area contributed by atoms with E-state index in [2.05, 4.69) is 0 Å². The summed E-state index contributed by atoms with van der Waals surface area (Å²) in [5, 5.41) is 0. The van der Waals surface area contributed by atoms with Gasteiger partial charge in [-0.1, -0.05) is 12.7 Å². The van der Waals surface area contributed by atoms with Crippen LogP contribution in [0.4, 0.5) is 0 Å². The third-order valence-corrected chi connectivity index (χ3v) is 0.814. The fourth-order valence-electron chi connectivity index (χ4n) is 0.315. The van der Waals surface area contributed by atoms with Crippen molar-refractivity contribution in [3.05, 3.63) is 25.0 Å². The number of allylic oxidation sites excluding steroid dienone is 2. The SMILES string of the molecule is [CH]=CCC=COCCCl. The van der Waals surface area contributed by atoms with Gasteiger partial charge in [0, 0.05) is 0 Å². The maximum atomic E-state index is 5.32. The van der Waals surface area contributed by atoms with Crippen molar-refractivity contribution < 1.29 is 4.74 Å². The second kappa shape index (κ2) is 7.57. The first-order valence-corrected chi connectivity index (χ1v) is 3.31. The lowest BCUT2D eigenvalue weighted by atomic mass is 10.4. The van der Waals surface area contributed by atoms with E-state index >= 15 is 0 Å². The largest absolute Gasteiger partial charge is 0.500 e. The van der Waals surface area contributed by atoms with Gasteiger partial charge in [-0.25, -0.2) is 0 Å². The van der Waals surface area contributed by atoms with Gasteiger partial charge in [0.2, 0.25) is 0 Å². The molecule has 0 unspecified atom stereocenters. The van der Waals surface area contributed by atoms with Gasteiger partial charge in [0.25, 0.3) is 0 Å². The highest BCUT2D eigenvalue weighted by Crippen LogP contribution is 1.85. The molecule has 0 aliphatic rings. The van der Waals surface area contributed by atoms with Crippen LogP contribution in [0, 0.1) is 6.58 Å². The van der Waals surface area contributed by atoms with E-state index in [-0.39, 0.29) is 0 Å². The predicted molar refractivity (Wildman–Crippen MR) is 39.3 cm³/mol.